The maximum Gasteiger partial charge on any atom is 0.246 e. The number of hydrogen-bond donors (Lipinski definition) is 2. The number of allylic oxidation sites excluding steroid dienone is 2. The van der Waals surface area contributed by atoms with E-state index in [-0.39, 0.29) is 87.0 Å². The van der Waals surface area contributed by atoms with Gasteiger partial charge in [0, 0.05) is 119 Å². The summed E-state index contributed by atoms with van der Waals surface area (Å²) in [6.07, 6.45) is 2.31. The standard InChI is InChI=1S/C71H125N9O14/c1-26-28-29-46(13)63(84)62-64(85)72-53(27-2)68(89)73(18)50(17)66(87)78(23)61(49(16)40-94-31-30-80-38-51(39-80)93-25)59(83)37-52(44(9)10)67(88)74(19)54(32-41(3)4)58(82)35-47(14)57(81)36-48(15)65(86)75(20)55(33-42(5)6)69(90)76(21)56(34-43(7)8)70(91)77(22)60(45(11)12)71(92)79(62)24/h26,28,41-56,60-63,84H,27,29-40H2,1-25H3,(H,72,85)/b28-26+/t46-,47-,48+,49-,50-,52+,53+,54+,55+,56+,60+,61+,62+,63-/m1/s1. The van der Waals surface area contributed by atoms with Crippen LogP contribution in [0.15, 0.2) is 12.2 Å². The Morgan fingerprint density at radius 2 is 1.01 bits per heavy atom. The van der Waals surface area contributed by atoms with Gasteiger partial charge in [0.2, 0.25) is 47.3 Å². The summed E-state index contributed by atoms with van der Waals surface area (Å²) < 4.78 is 11.6. The van der Waals surface area contributed by atoms with Crippen LogP contribution < -0.4 is 5.32 Å². The van der Waals surface area contributed by atoms with Crippen molar-refractivity contribution in [2.24, 2.45) is 59.2 Å². The Labute approximate surface area is 564 Å². The Kier molecular flexibility index (Phi) is 35.0. The lowest BCUT2D eigenvalue weighted by Crippen LogP contribution is -2.63. The van der Waals surface area contributed by atoms with Crippen LogP contribution in [0.3, 0.4) is 0 Å². The van der Waals surface area contributed by atoms with Crippen LogP contribution in [0.2, 0.25) is 0 Å². The molecule has 94 heavy (non-hydrogen) atoms. The van der Waals surface area contributed by atoms with Crippen LogP contribution in [0.4, 0.5) is 0 Å². The first-order valence-electron chi connectivity index (χ1n) is 34.5. The summed E-state index contributed by atoms with van der Waals surface area (Å²) in [5, 5.41) is 15.0. The summed E-state index contributed by atoms with van der Waals surface area (Å²) in [6.45, 7) is 32.6. The van der Waals surface area contributed by atoms with Crippen molar-refractivity contribution in [3.05, 3.63) is 12.2 Å². The third-order valence-corrected chi connectivity index (χ3v) is 19.5. The van der Waals surface area contributed by atoms with E-state index < -0.39 is 149 Å². The molecule has 2 aliphatic rings. The van der Waals surface area contributed by atoms with Crippen molar-refractivity contribution >= 4 is 64.6 Å². The number of likely N-dealkylation sites (N-methyl/N-ethyl adjacent to an activating group) is 7. The van der Waals surface area contributed by atoms with Gasteiger partial charge < -0.3 is 54.2 Å². The second-order valence-corrected chi connectivity index (χ2v) is 29.4. The van der Waals surface area contributed by atoms with E-state index in [9.17, 15) is 33.9 Å². The van der Waals surface area contributed by atoms with Gasteiger partial charge >= 0.3 is 0 Å². The van der Waals surface area contributed by atoms with Crippen LogP contribution in [0, 0.1) is 59.2 Å². The van der Waals surface area contributed by atoms with E-state index in [0.717, 1.165) is 18.0 Å². The van der Waals surface area contributed by atoms with Crippen molar-refractivity contribution in [1.29, 1.82) is 0 Å². The highest BCUT2D eigenvalue weighted by molar-refractivity contribution is 6.00. The summed E-state index contributed by atoms with van der Waals surface area (Å²) in [5.41, 5.74) is 0. The fourth-order valence-electron chi connectivity index (χ4n) is 13.0. The molecule has 23 heteroatoms. The minimum Gasteiger partial charge on any atom is -0.390 e. The number of carbonyl (C=O) groups excluding carboxylic acids is 11. The predicted molar refractivity (Wildman–Crippen MR) is 364 cm³/mol. The Balaban J connectivity index is 3.01. The summed E-state index contributed by atoms with van der Waals surface area (Å²) in [5.74, 6) is -11.6. The van der Waals surface area contributed by atoms with Crippen molar-refractivity contribution in [3.8, 4) is 0 Å². The number of Topliss-reactive ketones (excluding diaryl/α,β-unsaturated/α-hetero) is 3. The molecule has 14 atom stereocenters. The third kappa shape index (κ3) is 23.0. The number of ketones is 3. The van der Waals surface area contributed by atoms with Crippen LogP contribution in [-0.2, 0) is 62.2 Å². The SMILES string of the molecule is C/C=C/C[C@@H](C)[C@@H](O)[C@H]1C(=O)N[C@@H](CC)C(=O)N(C)[C@H](C)C(=O)N(C)[C@@H]([C@H](C)COCCN2CC(OC)C2)C(=O)C[C@@H](C(C)C)C(=O)N(C)[C@@H](CC(C)C)C(=O)C[C@@H](C)C(=O)C[C@H](C)C(=O)N(C)[C@@H](CC(C)C)C(=O)N(C)[C@@H](CC(C)C)C(=O)N(C)[C@@H](C(C)C)C(=O)N1C. The number of carbonyl (C=O) groups is 11. The first-order chi connectivity index (χ1) is 43.6. The van der Waals surface area contributed by atoms with E-state index in [1.165, 1.54) is 85.7 Å². The van der Waals surface area contributed by atoms with Gasteiger partial charge in [0.05, 0.1) is 37.5 Å². The topological polar surface area (TPSA) is 264 Å². The summed E-state index contributed by atoms with van der Waals surface area (Å²) in [6, 6.07) is -9.82. The highest BCUT2D eigenvalue weighted by Crippen LogP contribution is 2.30. The number of ether oxygens (including phenoxy) is 2. The van der Waals surface area contributed by atoms with E-state index in [2.05, 4.69) is 10.2 Å². The van der Waals surface area contributed by atoms with Crippen molar-refractivity contribution in [1.82, 2.24) is 44.5 Å². The molecule has 0 spiro atoms. The molecule has 0 radical (unpaired) electrons. The molecule has 0 aromatic heterocycles. The molecule has 0 unspecified atom stereocenters. The largest absolute Gasteiger partial charge is 0.390 e. The minimum atomic E-state index is -1.62. The van der Waals surface area contributed by atoms with E-state index in [4.69, 9.17) is 9.47 Å². The van der Waals surface area contributed by atoms with Crippen LogP contribution in [0.25, 0.3) is 0 Å². The molecule has 8 amide bonds. The van der Waals surface area contributed by atoms with E-state index in [1.54, 1.807) is 75.5 Å². The third-order valence-electron chi connectivity index (χ3n) is 19.5. The normalized spacial score (nSPS) is 28.0. The van der Waals surface area contributed by atoms with Gasteiger partial charge in [-0.25, -0.2) is 0 Å². The zero-order valence-corrected chi connectivity index (χ0v) is 62.2. The molecular formula is C71H125N9O14. The zero-order valence-electron chi connectivity index (χ0n) is 62.2. The van der Waals surface area contributed by atoms with Gasteiger partial charge in [0.15, 0.2) is 11.6 Å². The highest BCUT2D eigenvalue weighted by atomic mass is 16.5. The van der Waals surface area contributed by atoms with Gasteiger partial charge in [-0.1, -0.05) is 116 Å². The quantitative estimate of drug-likeness (QED) is 0.107. The molecule has 0 aliphatic carbocycles. The molecule has 0 saturated carbocycles. The van der Waals surface area contributed by atoms with Crippen molar-refractivity contribution in [2.75, 3.05) is 89.3 Å². The molecule has 2 fully saturated rings. The van der Waals surface area contributed by atoms with Crippen molar-refractivity contribution in [3.63, 3.8) is 0 Å². The lowest BCUT2D eigenvalue weighted by atomic mass is 9.83. The van der Waals surface area contributed by atoms with Gasteiger partial charge in [-0.3, -0.25) is 57.6 Å². The molecule has 2 saturated heterocycles. The number of aliphatic hydroxyl groups excluding tert-OH is 1. The second kappa shape index (κ2) is 38.9. The second-order valence-electron chi connectivity index (χ2n) is 29.4. The van der Waals surface area contributed by atoms with Crippen LogP contribution >= 0.6 is 0 Å². The van der Waals surface area contributed by atoms with Gasteiger partial charge in [-0.05, 0) is 81.5 Å². The number of aliphatic hydroxyl groups is 1. The molecule has 0 aromatic carbocycles. The van der Waals surface area contributed by atoms with E-state index in [0.29, 0.717) is 19.6 Å². The molecule has 2 aliphatic heterocycles. The first kappa shape index (κ1) is 84.4. The number of methoxy groups -OCH3 is 1. The number of hydrogen-bond acceptors (Lipinski definition) is 15. The fourth-order valence-corrected chi connectivity index (χ4v) is 13.0. The Morgan fingerprint density at radius 1 is 0.532 bits per heavy atom. The average Bonchev–Trinajstić information content (AvgIpc) is 0.829. The van der Waals surface area contributed by atoms with Gasteiger partial charge in [0.25, 0.3) is 0 Å². The number of nitrogens with one attached hydrogen (secondary N) is 1. The van der Waals surface area contributed by atoms with Crippen LogP contribution in [0.5, 0.6) is 0 Å². The molecule has 23 nitrogen and oxygen atoms in total. The van der Waals surface area contributed by atoms with Crippen molar-refractivity contribution in [2.45, 2.75) is 230 Å². The molecule has 2 rings (SSSR count). The summed E-state index contributed by atoms with van der Waals surface area (Å²) >= 11 is 0. The molecule has 538 valence electrons. The van der Waals surface area contributed by atoms with E-state index >= 15 is 24.0 Å². The smallest absolute Gasteiger partial charge is 0.246 e. The number of rotatable bonds is 20. The fraction of sp³-hybridized carbons (Fsp3) is 0.817. The number of nitrogens with zero attached hydrogens (tertiary/aromatic N) is 8. The average molecular weight is 1330 g/mol. The molecule has 2 heterocycles. The Morgan fingerprint density at radius 3 is 1.50 bits per heavy atom. The summed E-state index contributed by atoms with van der Waals surface area (Å²) in [7, 11) is 11.9. The first-order valence-corrected chi connectivity index (χ1v) is 34.5. The predicted octanol–water partition coefficient (Wildman–Crippen LogP) is 5.87. The summed E-state index contributed by atoms with van der Waals surface area (Å²) in [4.78, 5) is 175. The van der Waals surface area contributed by atoms with Gasteiger partial charge in [-0.15, -0.1) is 0 Å². The molecule has 0 aromatic rings. The minimum absolute atomic E-state index is 0.00940. The Bertz CT molecular complexity index is 2570. The monoisotopic (exact) mass is 1330 g/mol. The van der Waals surface area contributed by atoms with E-state index in [1.807, 2.05) is 54.5 Å². The lowest BCUT2D eigenvalue weighted by molar-refractivity contribution is -0.157. The zero-order chi connectivity index (χ0) is 72.2. The van der Waals surface area contributed by atoms with Crippen molar-refractivity contribution < 1.29 is 67.3 Å². The lowest BCUT2D eigenvalue weighted by Gasteiger charge is -2.41. The highest BCUT2D eigenvalue weighted by Gasteiger charge is 2.47. The molecular weight excluding hydrogens is 1200 g/mol. The maximum absolute atomic E-state index is 15.3. The molecule has 2 N–H and O–H groups in total. The number of amides is 8. The number of likely N-dealkylation sites (tertiary alicyclic amines) is 1. The Hall–Kier alpha value is -5.65. The molecule has 0 bridgehead atoms. The maximum atomic E-state index is 15.3. The van der Waals surface area contributed by atoms with Gasteiger partial charge in [0.1, 0.15) is 42.0 Å². The van der Waals surface area contributed by atoms with Gasteiger partial charge in [-0.2, -0.15) is 0 Å². The van der Waals surface area contributed by atoms with Crippen LogP contribution in [-0.4, -0.2) is 259 Å². The van der Waals surface area contributed by atoms with Crippen LogP contribution in [0.1, 0.15) is 169 Å².